The lowest BCUT2D eigenvalue weighted by atomic mass is 10.1. The van der Waals surface area contributed by atoms with Crippen LogP contribution in [0.15, 0.2) is 39.2 Å². The van der Waals surface area contributed by atoms with Crippen molar-refractivity contribution in [1.29, 1.82) is 0 Å². The fraction of sp³-hybridized carbons (Fsp3) is 0.125. The summed E-state index contributed by atoms with van der Waals surface area (Å²) in [6.07, 6.45) is 3.21. The number of nitrogens with zero attached hydrogens (tertiary/aromatic N) is 4. The maximum atomic E-state index is 12.4. The molecule has 0 saturated heterocycles. The third-order valence-corrected chi connectivity index (χ3v) is 6.46. The zero-order valence-corrected chi connectivity index (χ0v) is 15.2. The van der Waals surface area contributed by atoms with Crippen molar-refractivity contribution in [1.82, 2.24) is 13.8 Å². The monoisotopic (exact) mass is 387 g/mol. The summed E-state index contributed by atoms with van der Waals surface area (Å²) in [7, 11) is -3.62. The molecule has 1 aliphatic rings. The van der Waals surface area contributed by atoms with Crippen molar-refractivity contribution in [2.75, 3.05) is 11.5 Å². The van der Waals surface area contributed by atoms with Gasteiger partial charge in [0.25, 0.3) is 5.56 Å². The molecule has 0 aliphatic carbocycles. The molecule has 1 aromatic carbocycles. The van der Waals surface area contributed by atoms with Gasteiger partial charge in [0.1, 0.15) is 5.82 Å². The van der Waals surface area contributed by atoms with E-state index in [9.17, 15) is 13.2 Å². The molecule has 10 heteroatoms. The van der Waals surface area contributed by atoms with E-state index in [1.807, 2.05) is 24.3 Å². The molecule has 0 bridgehead atoms. The predicted molar refractivity (Wildman–Crippen MR) is 102 cm³/mol. The van der Waals surface area contributed by atoms with Crippen molar-refractivity contribution >= 4 is 55.7 Å². The second-order valence-corrected chi connectivity index (χ2v) is 8.48. The van der Waals surface area contributed by atoms with Gasteiger partial charge in [-0.15, -0.1) is 0 Å². The number of hydrogen-bond acceptors (Lipinski definition) is 8. The summed E-state index contributed by atoms with van der Waals surface area (Å²) in [4.78, 5) is 20.8. The maximum Gasteiger partial charge on any atom is 0.283 e. The fourth-order valence-electron chi connectivity index (χ4n) is 2.67. The zero-order chi connectivity index (χ0) is 18.5. The number of aliphatic imine (C=N–C) groups is 1. The number of nitrogen functional groups attached to an aromatic ring is 1. The van der Waals surface area contributed by atoms with Gasteiger partial charge in [-0.3, -0.25) is 9.79 Å². The Kier molecular flexibility index (Phi) is 3.74. The van der Waals surface area contributed by atoms with Gasteiger partial charge in [0.15, 0.2) is 0 Å². The molecular formula is C16H13N5O3S2. The van der Waals surface area contributed by atoms with Crippen LogP contribution in [0.25, 0.3) is 16.6 Å². The van der Waals surface area contributed by atoms with Crippen LogP contribution in [0.3, 0.4) is 0 Å². The molecule has 0 fully saturated rings. The number of hydrogen-bond donors (Lipinski definition) is 1. The number of allylic oxidation sites excluding steroid dienone is 1. The van der Waals surface area contributed by atoms with Crippen LogP contribution in [0, 0.1) is 0 Å². The third kappa shape index (κ3) is 2.45. The van der Waals surface area contributed by atoms with Crippen LogP contribution >= 0.6 is 11.5 Å². The lowest BCUT2D eigenvalue weighted by Gasteiger charge is -2.06. The van der Waals surface area contributed by atoms with Crippen molar-refractivity contribution in [2.24, 2.45) is 4.99 Å². The Morgan fingerprint density at radius 3 is 2.85 bits per heavy atom. The highest BCUT2D eigenvalue weighted by atomic mass is 32.2. The number of sulfone groups is 1. The van der Waals surface area contributed by atoms with Gasteiger partial charge in [-0.1, -0.05) is 25.1 Å². The minimum Gasteiger partial charge on any atom is -0.384 e. The third-order valence-electron chi connectivity index (χ3n) is 4.05. The van der Waals surface area contributed by atoms with Crippen LogP contribution in [0.4, 0.5) is 11.5 Å². The van der Waals surface area contributed by atoms with Crippen molar-refractivity contribution in [2.45, 2.75) is 12.1 Å². The maximum absolute atomic E-state index is 12.4. The lowest BCUT2D eigenvalue weighted by Crippen LogP contribution is -2.19. The Morgan fingerprint density at radius 1 is 1.31 bits per heavy atom. The number of aromatic nitrogens is 3. The molecule has 26 heavy (non-hydrogen) atoms. The molecule has 0 amide bonds. The first-order chi connectivity index (χ1) is 12.4. The van der Waals surface area contributed by atoms with Crippen LogP contribution in [0.2, 0.25) is 0 Å². The highest BCUT2D eigenvalue weighted by Crippen LogP contribution is 2.32. The minimum absolute atomic E-state index is 0.00828. The highest BCUT2D eigenvalue weighted by molar-refractivity contribution is 7.91. The van der Waals surface area contributed by atoms with Crippen molar-refractivity contribution < 1.29 is 8.42 Å². The lowest BCUT2D eigenvalue weighted by molar-refractivity contribution is 0.588. The summed E-state index contributed by atoms with van der Waals surface area (Å²) in [6, 6.07) is 7.48. The minimum atomic E-state index is -3.62. The van der Waals surface area contributed by atoms with Gasteiger partial charge in [-0.25, -0.2) is 12.8 Å². The predicted octanol–water partition coefficient (Wildman–Crippen LogP) is 1.78. The second-order valence-electron chi connectivity index (χ2n) is 5.58. The first-order valence-electron chi connectivity index (χ1n) is 7.68. The molecule has 0 unspecified atom stereocenters. The van der Waals surface area contributed by atoms with Gasteiger partial charge < -0.3 is 5.73 Å². The Balaban J connectivity index is 1.98. The smallest absolute Gasteiger partial charge is 0.283 e. The molecule has 3 heterocycles. The first-order valence-corrected chi connectivity index (χ1v) is 10.1. The van der Waals surface area contributed by atoms with Crippen molar-refractivity contribution in [3.8, 4) is 0 Å². The molecule has 4 rings (SSSR count). The van der Waals surface area contributed by atoms with Gasteiger partial charge >= 0.3 is 0 Å². The Bertz CT molecular complexity index is 1270. The molecule has 0 spiro atoms. The summed E-state index contributed by atoms with van der Waals surface area (Å²) in [5, 5.41) is -0.204. The van der Waals surface area contributed by atoms with Crippen LogP contribution in [0.5, 0.6) is 0 Å². The molecular weight excluding hydrogens is 374 g/mol. The van der Waals surface area contributed by atoms with E-state index in [1.165, 1.54) is 11.3 Å². The largest absolute Gasteiger partial charge is 0.384 e. The van der Waals surface area contributed by atoms with Crippen molar-refractivity contribution in [3.63, 3.8) is 0 Å². The molecule has 2 aromatic heterocycles. The first kappa shape index (κ1) is 16.6. The molecule has 1 aliphatic heterocycles. The summed E-state index contributed by atoms with van der Waals surface area (Å²) < 4.78 is 29.7. The van der Waals surface area contributed by atoms with Gasteiger partial charge in [0.05, 0.1) is 17.0 Å². The number of benzene rings is 1. The highest BCUT2D eigenvalue weighted by Gasteiger charge is 2.24. The summed E-state index contributed by atoms with van der Waals surface area (Å²) in [5.74, 6) is -0.139. The Hall–Kier alpha value is -2.85. The van der Waals surface area contributed by atoms with E-state index in [1.54, 1.807) is 12.3 Å². The second kappa shape index (κ2) is 5.85. The zero-order valence-electron chi connectivity index (χ0n) is 13.6. The summed E-state index contributed by atoms with van der Waals surface area (Å²) >= 11 is 0.820. The number of para-hydroxylation sites is 1. The van der Waals surface area contributed by atoms with Crippen LogP contribution in [-0.4, -0.2) is 34.1 Å². The summed E-state index contributed by atoms with van der Waals surface area (Å²) in [5.41, 5.74) is 8.07. The number of rotatable bonds is 3. The van der Waals surface area contributed by atoms with Crippen molar-refractivity contribution in [3.05, 3.63) is 45.7 Å². The van der Waals surface area contributed by atoms with Crippen LogP contribution in [0.1, 0.15) is 18.1 Å². The molecule has 0 atom stereocenters. The van der Waals surface area contributed by atoms with Crippen LogP contribution < -0.4 is 11.3 Å². The van der Waals surface area contributed by atoms with E-state index in [0.717, 1.165) is 22.8 Å². The standard InChI is InChI=1S/C16H13N5O3S2/c1-2-26(23,24)16-20-25-15-19-14(22)11(13(17)21(15)16)7-9-8-18-12-6-4-3-5-10(9)12/h3-8H,2,17H2,1H3. The van der Waals surface area contributed by atoms with Gasteiger partial charge in [-0.2, -0.15) is 9.36 Å². The van der Waals surface area contributed by atoms with Gasteiger partial charge in [0, 0.05) is 28.9 Å². The fourth-order valence-corrected chi connectivity index (χ4v) is 4.64. The molecule has 3 aromatic rings. The molecule has 2 N–H and O–H groups in total. The summed E-state index contributed by atoms with van der Waals surface area (Å²) in [6.45, 7) is 1.52. The van der Waals surface area contributed by atoms with Gasteiger partial charge in [-0.05, 0) is 12.1 Å². The van der Waals surface area contributed by atoms with E-state index < -0.39 is 15.4 Å². The average molecular weight is 387 g/mol. The van der Waals surface area contributed by atoms with E-state index >= 15 is 0 Å². The molecule has 132 valence electrons. The van der Waals surface area contributed by atoms with E-state index in [-0.39, 0.29) is 27.3 Å². The molecule has 0 radical (unpaired) electrons. The van der Waals surface area contributed by atoms with Crippen LogP contribution in [-0.2, 0) is 9.84 Å². The van der Waals surface area contributed by atoms with E-state index in [0.29, 0.717) is 5.57 Å². The van der Waals surface area contributed by atoms with E-state index in [2.05, 4.69) is 14.3 Å². The number of anilines is 1. The number of fused-ring (bicyclic) bond motifs is 2. The Labute approximate surface area is 152 Å². The topological polar surface area (TPSA) is 120 Å². The molecule has 0 saturated carbocycles. The molecule has 8 nitrogen and oxygen atoms in total. The normalized spacial score (nSPS) is 15.0. The van der Waals surface area contributed by atoms with Gasteiger partial charge in [0.2, 0.25) is 20.0 Å². The SMILES string of the molecule is CCS(=O)(=O)c1nsc2nc(=O)c(C=C3C=Nc4ccccc43)c(N)n12. The number of nitrogens with two attached hydrogens (primary N) is 1. The quantitative estimate of drug-likeness (QED) is 0.731. The Morgan fingerprint density at radius 2 is 2.08 bits per heavy atom. The van der Waals surface area contributed by atoms with E-state index in [4.69, 9.17) is 5.73 Å². The average Bonchev–Trinajstić information content (AvgIpc) is 3.23.